The molecule has 0 radical (unpaired) electrons. The molecule has 0 atom stereocenters. The summed E-state index contributed by atoms with van der Waals surface area (Å²) in [5, 5.41) is 16.0. The van der Waals surface area contributed by atoms with Crippen molar-refractivity contribution in [3.63, 3.8) is 0 Å². The van der Waals surface area contributed by atoms with E-state index in [2.05, 4.69) is 41.3 Å². The van der Waals surface area contributed by atoms with Crippen molar-refractivity contribution in [2.75, 3.05) is 32.7 Å². The van der Waals surface area contributed by atoms with E-state index in [4.69, 9.17) is 0 Å². The summed E-state index contributed by atoms with van der Waals surface area (Å²) in [6.07, 6.45) is 2.83. The first kappa shape index (κ1) is 16.2. The third kappa shape index (κ3) is 7.38. The number of hydrogen-bond acceptors (Lipinski definition) is 3. The average Bonchev–Trinajstić information content (AvgIpc) is 2.36. The number of aliphatic imine (C=N–C) groups is 1. The van der Waals surface area contributed by atoms with Crippen molar-refractivity contribution in [2.45, 2.75) is 52.2 Å². The molecule has 0 saturated carbocycles. The summed E-state index contributed by atoms with van der Waals surface area (Å²) in [5.74, 6) is 0.909. The van der Waals surface area contributed by atoms with Crippen molar-refractivity contribution >= 4 is 5.96 Å². The fourth-order valence-electron chi connectivity index (χ4n) is 2.22. The Balaban J connectivity index is 2.19. The third-order valence-electron chi connectivity index (χ3n) is 3.23. The van der Waals surface area contributed by atoms with E-state index in [1.165, 1.54) is 0 Å². The first-order valence-electron chi connectivity index (χ1n) is 7.57. The van der Waals surface area contributed by atoms with Gasteiger partial charge in [0, 0.05) is 32.2 Å². The van der Waals surface area contributed by atoms with Crippen LogP contribution in [0.15, 0.2) is 4.99 Å². The van der Waals surface area contributed by atoms with Crippen LogP contribution in [0.1, 0.15) is 40.0 Å². The molecule has 0 aromatic carbocycles. The summed E-state index contributed by atoms with van der Waals surface area (Å²) in [5.41, 5.74) is 0. The van der Waals surface area contributed by atoms with Gasteiger partial charge in [-0.2, -0.15) is 0 Å². The lowest BCUT2D eigenvalue weighted by molar-refractivity contribution is 0.0824. The molecule has 1 aliphatic heterocycles. The SMILES string of the molecule is CCNC(=NCCCN1CCC(O)CC1)NC(C)C. The second-order valence-electron chi connectivity index (χ2n) is 5.49. The molecule has 1 heterocycles. The van der Waals surface area contributed by atoms with Crippen molar-refractivity contribution < 1.29 is 5.11 Å². The van der Waals surface area contributed by atoms with E-state index >= 15 is 0 Å². The molecule has 0 unspecified atom stereocenters. The Kier molecular flexibility index (Phi) is 7.82. The summed E-state index contributed by atoms with van der Waals surface area (Å²) in [4.78, 5) is 6.99. The molecule has 1 fully saturated rings. The van der Waals surface area contributed by atoms with E-state index in [0.717, 1.165) is 57.9 Å². The summed E-state index contributed by atoms with van der Waals surface area (Å²) in [6.45, 7) is 11.2. The van der Waals surface area contributed by atoms with Crippen LogP contribution in [0, 0.1) is 0 Å². The van der Waals surface area contributed by atoms with E-state index in [9.17, 15) is 5.11 Å². The number of aliphatic hydroxyl groups excluding tert-OH is 1. The normalized spacial score (nSPS) is 18.9. The molecule has 0 aliphatic carbocycles. The van der Waals surface area contributed by atoms with E-state index in [0.29, 0.717) is 6.04 Å². The van der Waals surface area contributed by atoms with Gasteiger partial charge < -0.3 is 20.6 Å². The molecule has 5 nitrogen and oxygen atoms in total. The quantitative estimate of drug-likeness (QED) is 0.379. The summed E-state index contributed by atoms with van der Waals surface area (Å²) < 4.78 is 0. The Labute approximate surface area is 117 Å². The van der Waals surface area contributed by atoms with Gasteiger partial charge in [0.15, 0.2) is 5.96 Å². The lowest BCUT2D eigenvalue weighted by Crippen LogP contribution is -2.41. The molecule has 19 heavy (non-hydrogen) atoms. The number of nitrogens with one attached hydrogen (secondary N) is 2. The smallest absolute Gasteiger partial charge is 0.191 e. The van der Waals surface area contributed by atoms with Gasteiger partial charge in [-0.05, 0) is 46.6 Å². The minimum atomic E-state index is -0.0788. The lowest BCUT2D eigenvalue weighted by atomic mass is 10.1. The predicted octanol–water partition coefficient (Wildman–Crippen LogP) is 0.797. The minimum Gasteiger partial charge on any atom is -0.393 e. The molecule has 0 amide bonds. The number of nitrogens with zero attached hydrogens (tertiary/aromatic N) is 2. The Morgan fingerprint density at radius 1 is 1.37 bits per heavy atom. The molecular formula is C14H30N4O. The topological polar surface area (TPSA) is 59.9 Å². The second-order valence-corrected chi connectivity index (χ2v) is 5.49. The van der Waals surface area contributed by atoms with E-state index < -0.39 is 0 Å². The molecule has 3 N–H and O–H groups in total. The molecule has 1 aliphatic rings. The van der Waals surface area contributed by atoms with Crippen LogP contribution in [0.4, 0.5) is 0 Å². The molecule has 5 heteroatoms. The fourth-order valence-corrected chi connectivity index (χ4v) is 2.22. The molecule has 0 aromatic rings. The highest BCUT2D eigenvalue weighted by Gasteiger charge is 2.15. The van der Waals surface area contributed by atoms with E-state index in [-0.39, 0.29) is 6.10 Å². The maximum absolute atomic E-state index is 9.45. The number of rotatable bonds is 6. The van der Waals surface area contributed by atoms with Gasteiger partial charge in [0.05, 0.1) is 6.10 Å². The van der Waals surface area contributed by atoms with Crippen molar-refractivity contribution in [2.24, 2.45) is 4.99 Å². The molecule has 112 valence electrons. The average molecular weight is 270 g/mol. The van der Waals surface area contributed by atoms with Gasteiger partial charge in [0.25, 0.3) is 0 Å². The van der Waals surface area contributed by atoms with Crippen LogP contribution in [-0.2, 0) is 0 Å². The molecule has 1 saturated heterocycles. The van der Waals surface area contributed by atoms with Gasteiger partial charge in [-0.3, -0.25) is 4.99 Å². The zero-order chi connectivity index (χ0) is 14.1. The highest BCUT2D eigenvalue weighted by Crippen LogP contribution is 2.09. The van der Waals surface area contributed by atoms with Gasteiger partial charge in [0.2, 0.25) is 0 Å². The standard InChI is InChI=1S/C14H30N4O/c1-4-15-14(17-12(2)3)16-8-5-9-18-10-6-13(19)7-11-18/h12-13,19H,4-11H2,1-3H3,(H2,15,16,17). The fraction of sp³-hybridized carbons (Fsp3) is 0.929. The summed E-state index contributed by atoms with van der Waals surface area (Å²) in [7, 11) is 0. The van der Waals surface area contributed by atoms with Crippen LogP contribution in [-0.4, -0.2) is 60.8 Å². The number of likely N-dealkylation sites (tertiary alicyclic amines) is 1. The number of guanidine groups is 1. The highest BCUT2D eigenvalue weighted by atomic mass is 16.3. The molecule has 0 spiro atoms. The first-order chi connectivity index (χ1) is 9.11. The van der Waals surface area contributed by atoms with E-state index in [1.54, 1.807) is 0 Å². The summed E-state index contributed by atoms with van der Waals surface area (Å²) >= 11 is 0. The minimum absolute atomic E-state index is 0.0788. The molecular weight excluding hydrogens is 240 g/mol. The Morgan fingerprint density at radius 2 is 2.05 bits per heavy atom. The summed E-state index contributed by atoms with van der Waals surface area (Å²) in [6, 6.07) is 0.404. The Morgan fingerprint density at radius 3 is 2.63 bits per heavy atom. The highest BCUT2D eigenvalue weighted by molar-refractivity contribution is 5.79. The largest absolute Gasteiger partial charge is 0.393 e. The molecule has 0 aromatic heterocycles. The lowest BCUT2D eigenvalue weighted by Gasteiger charge is -2.29. The van der Waals surface area contributed by atoms with Crippen LogP contribution in [0.5, 0.6) is 0 Å². The van der Waals surface area contributed by atoms with Gasteiger partial charge >= 0.3 is 0 Å². The first-order valence-corrected chi connectivity index (χ1v) is 7.57. The van der Waals surface area contributed by atoms with Crippen LogP contribution >= 0.6 is 0 Å². The van der Waals surface area contributed by atoms with Crippen molar-refractivity contribution in [3.8, 4) is 0 Å². The maximum atomic E-state index is 9.45. The van der Waals surface area contributed by atoms with Gasteiger partial charge in [0.1, 0.15) is 0 Å². The van der Waals surface area contributed by atoms with Gasteiger partial charge in [-0.25, -0.2) is 0 Å². The maximum Gasteiger partial charge on any atom is 0.191 e. The molecule has 1 rings (SSSR count). The number of hydrogen-bond donors (Lipinski definition) is 3. The number of piperidine rings is 1. The van der Waals surface area contributed by atoms with E-state index in [1.807, 2.05) is 0 Å². The Bertz CT molecular complexity index is 260. The van der Waals surface area contributed by atoms with Crippen LogP contribution in [0.25, 0.3) is 0 Å². The van der Waals surface area contributed by atoms with Gasteiger partial charge in [-0.1, -0.05) is 0 Å². The van der Waals surface area contributed by atoms with Crippen molar-refractivity contribution in [1.82, 2.24) is 15.5 Å². The second kappa shape index (κ2) is 9.15. The zero-order valence-corrected chi connectivity index (χ0v) is 12.7. The van der Waals surface area contributed by atoms with Crippen LogP contribution in [0.2, 0.25) is 0 Å². The zero-order valence-electron chi connectivity index (χ0n) is 12.7. The van der Waals surface area contributed by atoms with Crippen molar-refractivity contribution in [3.05, 3.63) is 0 Å². The van der Waals surface area contributed by atoms with Gasteiger partial charge in [-0.15, -0.1) is 0 Å². The van der Waals surface area contributed by atoms with Crippen molar-refractivity contribution in [1.29, 1.82) is 0 Å². The number of aliphatic hydroxyl groups is 1. The Hall–Kier alpha value is -0.810. The predicted molar refractivity (Wildman–Crippen MR) is 80.5 cm³/mol. The molecule has 0 bridgehead atoms. The monoisotopic (exact) mass is 270 g/mol. The van der Waals surface area contributed by atoms with Crippen LogP contribution in [0.3, 0.4) is 0 Å². The third-order valence-corrected chi connectivity index (χ3v) is 3.23. The van der Waals surface area contributed by atoms with Crippen LogP contribution < -0.4 is 10.6 Å².